The van der Waals surface area contributed by atoms with Crippen LogP contribution in [-0.2, 0) is 28.2 Å². The zero-order valence-corrected chi connectivity index (χ0v) is 30.0. The van der Waals surface area contributed by atoms with Gasteiger partial charge in [-0.1, -0.05) is 138 Å². The van der Waals surface area contributed by atoms with Gasteiger partial charge in [0.1, 0.15) is 6.61 Å². The van der Waals surface area contributed by atoms with Crippen molar-refractivity contribution in [2.45, 2.75) is 142 Å². The molecule has 0 aromatic heterocycles. The van der Waals surface area contributed by atoms with Crippen molar-refractivity contribution < 1.29 is 37.9 Å². The molecule has 0 saturated carbocycles. The van der Waals surface area contributed by atoms with Crippen LogP contribution in [0.15, 0.2) is 72.9 Å². The second kappa shape index (κ2) is 33.4. The van der Waals surface area contributed by atoms with Gasteiger partial charge < -0.3 is 19.3 Å². The van der Waals surface area contributed by atoms with E-state index in [1.54, 1.807) is 0 Å². The summed E-state index contributed by atoms with van der Waals surface area (Å²) in [5.74, 6) is -0.971. The molecule has 0 heterocycles. The van der Waals surface area contributed by atoms with Gasteiger partial charge in [0, 0.05) is 12.8 Å². The molecule has 1 atom stereocenters. The van der Waals surface area contributed by atoms with E-state index in [-0.39, 0.29) is 19.4 Å². The first-order valence-electron chi connectivity index (χ1n) is 17.8. The lowest BCUT2D eigenvalue weighted by Gasteiger charge is -2.18. The lowest BCUT2D eigenvalue weighted by Crippen LogP contribution is -2.29. The SMILES string of the molecule is CC/C=C/C=C/C=C/C=C/CCCCCC(=O)OC(COC(=O)CCCCC/C=C/C=C/CCCCCCCCC)COP(=O)(O)O. The quantitative estimate of drug-likeness (QED) is 0.0322. The smallest absolute Gasteiger partial charge is 0.462 e. The standard InChI is InChI=1S/C38H63O8P/c1-3-5-7-9-11-13-15-17-18-19-21-22-24-26-28-30-32-37(39)44-34-36(35-45-47(41,42)43)46-38(40)33-31-29-27-25-23-20-16-14-12-10-8-6-4-2/h6,8,10,12,14,16,18-23,36H,3-5,7,9,11,13,15,17,24-35H2,1-2H3,(H2,41,42,43)/b8-6+,12-10+,16-14+,19-18+,22-21+,23-20+. The molecule has 0 rings (SSSR count). The fourth-order valence-corrected chi connectivity index (χ4v) is 4.79. The highest BCUT2D eigenvalue weighted by molar-refractivity contribution is 7.46. The molecule has 8 nitrogen and oxygen atoms in total. The molecule has 0 aromatic carbocycles. The molecule has 0 aliphatic carbocycles. The molecule has 0 fully saturated rings. The molecule has 9 heteroatoms. The molecule has 0 aromatic rings. The van der Waals surface area contributed by atoms with E-state index in [2.05, 4.69) is 54.8 Å². The maximum atomic E-state index is 12.3. The Morgan fingerprint density at radius 2 is 1.02 bits per heavy atom. The first kappa shape index (κ1) is 44.5. The van der Waals surface area contributed by atoms with Crippen LogP contribution in [0.5, 0.6) is 0 Å². The highest BCUT2D eigenvalue weighted by atomic mass is 31.2. The van der Waals surface area contributed by atoms with Crippen molar-refractivity contribution in [3.8, 4) is 0 Å². The van der Waals surface area contributed by atoms with Crippen LogP contribution < -0.4 is 0 Å². The fraction of sp³-hybridized carbons (Fsp3) is 0.632. The number of rotatable bonds is 31. The third kappa shape index (κ3) is 36.2. The van der Waals surface area contributed by atoms with Crippen LogP contribution >= 0.6 is 7.82 Å². The predicted molar refractivity (Wildman–Crippen MR) is 193 cm³/mol. The minimum Gasteiger partial charge on any atom is -0.462 e. The highest BCUT2D eigenvalue weighted by Crippen LogP contribution is 2.35. The van der Waals surface area contributed by atoms with Gasteiger partial charge in [-0.25, -0.2) is 4.57 Å². The van der Waals surface area contributed by atoms with Crippen LogP contribution in [-0.4, -0.2) is 41.0 Å². The van der Waals surface area contributed by atoms with Crippen molar-refractivity contribution in [2.24, 2.45) is 0 Å². The fourth-order valence-electron chi connectivity index (χ4n) is 4.43. The van der Waals surface area contributed by atoms with E-state index in [0.29, 0.717) is 12.8 Å². The van der Waals surface area contributed by atoms with Gasteiger partial charge in [0.25, 0.3) is 0 Å². The second-order valence-corrected chi connectivity index (χ2v) is 12.8. The summed E-state index contributed by atoms with van der Waals surface area (Å²) in [5, 5.41) is 0. The van der Waals surface area contributed by atoms with E-state index in [1.165, 1.54) is 44.9 Å². The van der Waals surface area contributed by atoms with Gasteiger partial charge in [0.2, 0.25) is 0 Å². The maximum Gasteiger partial charge on any atom is 0.469 e. The maximum absolute atomic E-state index is 12.3. The van der Waals surface area contributed by atoms with Crippen LogP contribution in [0.3, 0.4) is 0 Å². The van der Waals surface area contributed by atoms with Gasteiger partial charge in [-0.15, -0.1) is 0 Å². The molecular weight excluding hydrogens is 615 g/mol. The summed E-state index contributed by atoms with van der Waals surface area (Å²) in [4.78, 5) is 42.6. The summed E-state index contributed by atoms with van der Waals surface area (Å²) >= 11 is 0. The molecule has 47 heavy (non-hydrogen) atoms. The van der Waals surface area contributed by atoms with Crippen LogP contribution in [0.4, 0.5) is 0 Å². The average molecular weight is 679 g/mol. The first-order chi connectivity index (χ1) is 22.8. The first-order valence-corrected chi connectivity index (χ1v) is 19.3. The summed E-state index contributed by atoms with van der Waals surface area (Å²) in [6.45, 7) is 3.45. The summed E-state index contributed by atoms with van der Waals surface area (Å²) in [7, 11) is -4.77. The Balaban J connectivity index is 4.12. The zero-order valence-electron chi connectivity index (χ0n) is 29.1. The van der Waals surface area contributed by atoms with Crippen molar-refractivity contribution in [3.05, 3.63) is 72.9 Å². The van der Waals surface area contributed by atoms with E-state index in [9.17, 15) is 14.2 Å². The van der Waals surface area contributed by atoms with Crippen LogP contribution in [0, 0.1) is 0 Å². The third-order valence-electron chi connectivity index (χ3n) is 7.08. The Bertz CT molecular complexity index is 990. The molecule has 0 aliphatic rings. The number of carbonyl (C=O) groups excluding carboxylic acids is 2. The number of hydrogen-bond acceptors (Lipinski definition) is 6. The van der Waals surface area contributed by atoms with E-state index in [1.807, 2.05) is 36.5 Å². The number of hydrogen-bond donors (Lipinski definition) is 2. The van der Waals surface area contributed by atoms with E-state index in [4.69, 9.17) is 19.3 Å². The van der Waals surface area contributed by atoms with Crippen molar-refractivity contribution in [1.29, 1.82) is 0 Å². The normalized spacial score (nSPS) is 13.4. The molecule has 0 aliphatic heterocycles. The van der Waals surface area contributed by atoms with Gasteiger partial charge in [-0.05, 0) is 57.8 Å². The van der Waals surface area contributed by atoms with Gasteiger partial charge >= 0.3 is 19.8 Å². The van der Waals surface area contributed by atoms with Crippen LogP contribution in [0.1, 0.15) is 136 Å². The molecule has 1 unspecified atom stereocenters. The number of allylic oxidation sites excluding steroid dienone is 12. The lowest BCUT2D eigenvalue weighted by atomic mass is 10.1. The largest absolute Gasteiger partial charge is 0.469 e. The number of carbonyl (C=O) groups is 2. The summed E-state index contributed by atoms with van der Waals surface area (Å²) in [6.07, 6.45) is 42.0. The molecule has 0 spiro atoms. The number of unbranched alkanes of at least 4 members (excludes halogenated alkanes) is 13. The van der Waals surface area contributed by atoms with E-state index in [0.717, 1.165) is 51.4 Å². The van der Waals surface area contributed by atoms with Crippen LogP contribution in [0.25, 0.3) is 0 Å². The number of esters is 2. The summed E-state index contributed by atoms with van der Waals surface area (Å²) in [5.41, 5.74) is 0. The Hall–Kier alpha value is -2.51. The van der Waals surface area contributed by atoms with Gasteiger partial charge in [-0.3, -0.25) is 14.1 Å². The number of phosphoric acid groups is 1. The van der Waals surface area contributed by atoms with E-state index < -0.39 is 32.5 Å². The van der Waals surface area contributed by atoms with Gasteiger partial charge in [-0.2, -0.15) is 0 Å². The monoisotopic (exact) mass is 678 g/mol. The number of ether oxygens (including phenoxy) is 2. The van der Waals surface area contributed by atoms with Crippen molar-refractivity contribution in [2.75, 3.05) is 13.2 Å². The highest BCUT2D eigenvalue weighted by Gasteiger charge is 2.22. The molecular formula is C38H63O8P. The lowest BCUT2D eigenvalue weighted by molar-refractivity contribution is -0.161. The van der Waals surface area contributed by atoms with Crippen molar-refractivity contribution in [3.63, 3.8) is 0 Å². The molecule has 2 N–H and O–H groups in total. The summed E-state index contributed by atoms with van der Waals surface area (Å²) < 4.78 is 26.2. The average Bonchev–Trinajstić information content (AvgIpc) is 3.03. The Morgan fingerprint density at radius 3 is 1.55 bits per heavy atom. The zero-order chi connectivity index (χ0) is 34.7. The Morgan fingerprint density at radius 1 is 0.574 bits per heavy atom. The molecule has 268 valence electrons. The molecule has 0 bridgehead atoms. The van der Waals surface area contributed by atoms with Crippen molar-refractivity contribution >= 4 is 19.8 Å². The molecule has 0 amide bonds. The minimum absolute atomic E-state index is 0.156. The minimum atomic E-state index is -4.77. The molecule has 0 radical (unpaired) electrons. The summed E-state index contributed by atoms with van der Waals surface area (Å²) in [6, 6.07) is 0. The Labute approximate surface area is 285 Å². The van der Waals surface area contributed by atoms with Gasteiger partial charge in [0.05, 0.1) is 6.61 Å². The van der Waals surface area contributed by atoms with Gasteiger partial charge in [0.15, 0.2) is 6.10 Å². The number of phosphoric ester groups is 1. The predicted octanol–water partition coefficient (Wildman–Crippen LogP) is 10.3. The Kier molecular flexibility index (Phi) is 31.6. The topological polar surface area (TPSA) is 119 Å². The third-order valence-corrected chi connectivity index (χ3v) is 7.57. The van der Waals surface area contributed by atoms with Crippen LogP contribution in [0.2, 0.25) is 0 Å². The second-order valence-electron chi connectivity index (χ2n) is 11.6. The van der Waals surface area contributed by atoms with Crippen molar-refractivity contribution in [1.82, 2.24) is 0 Å². The van der Waals surface area contributed by atoms with E-state index >= 15 is 0 Å². The molecule has 0 saturated heterocycles.